The first-order chi connectivity index (χ1) is 13.7. The molecule has 0 aromatic heterocycles. The van der Waals surface area contributed by atoms with Gasteiger partial charge in [0.1, 0.15) is 5.75 Å². The van der Waals surface area contributed by atoms with E-state index in [1.165, 1.54) is 38.5 Å². The number of nitrogens with one attached hydrogen (secondary N) is 2. The molecular weight excluding hydrogens is 348 g/mol. The summed E-state index contributed by atoms with van der Waals surface area (Å²) in [7, 11) is 0. The molecule has 152 valence electrons. The van der Waals surface area contributed by atoms with Crippen molar-refractivity contribution in [3.63, 3.8) is 0 Å². The minimum Gasteiger partial charge on any atom is -0.483 e. The average Bonchev–Trinajstić information content (AvgIpc) is 2.71. The molecule has 0 unspecified atom stereocenters. The van der Waals surface area contributed by atoms with Crippen LogP contribution in [0, 0.1) is 6.92 Å². The van der Waals surface area contributed by atoms with Crippen LogP contribution in [-0.4, -0.2) is 19.1 Å². The number of ether oxygens (including phenoxy) is 1. The Morgan fingerprint density at radius 3 is 2.43 bits per heavy atom. The van der Waals surface area contributed by atoms with Gasteiger partial charge in [0.15, 0.2) is 6.61 Å². The van der Waals surface area contributed by atoms with Gasteiger partial charge in [-0.1, -0.05) is 74.9 Å². The van der Waals surface area contributed by atoms with Gasteiger partial charge < -0.3 is 15.4 Å². The third-order valence-corrected chi connectivity index (χ3v) is 4.69. The van der Waals surface area contributed by atoms with E-state index >= 15 is 0 Å². The molecule has 0 saturated heterocycles. The largest absolute Gasteiger partial charge is 0.483 e. The van der Waals surface area contributed by atoms with E-state index in [4.69, 9.17) is 4.74 Å². The van der Waals surface area contributed by atoms with Crippen LogP contribution in [0.2, 0.25) is 0 Å². The molecule has 0 saturated carbocycles. The molecule has 0 spiro atoms. The topological polar surface area (TPSA) is 50.4 Å². The van der Waals surface area contributed by atoms with Gasteiger partial charge in [0.25, 0.3) is 5.91 Å². The summed E-state index contributed by atoms with van der Waals surface area (Å²) >= 11 is 0. The lowest BCUT2D eigenvalue weighted by molar-refractivity contribution is -0.118. The van der Waals surface area contributed by atoms with Gasteiger partial charge >= 0.3 is 0 Å². The minimum absolute atomic E-state index is 0.00230. The number of benzene rings is 2. The second-order valence-electron chi connectivity index (χ2n) is 7.26. The Morgan fingerprint density at radius 2 is 1.64 bits per heavy atom. The minimum atomic E-state index is -0.154. The SMILES string of the molecule is CCCCCCCCNCc1ccccc1OCC(=O)Nc1ccc(C)cc1. The average molecular weight is 383 g/mol. The van der Waals surface area contributed by atoms with Crippen LogP contribution in [0.3, 0.4) is 0 Å². The molecule has 2 rings (SSSR count). The molecule has 2 aromatic rings. The Hall–Kier alpha value is -2.33. The highest BCUT2D eigenvalue weighted by atomic mass is 16.5. The molecule has 28 heavy (non-hydrogen) atoms. The Balaban J connectivity index is 1.70. The van der Waals surface area contributed by atoms with Gasteiger partial charge in [-0.05, 0) is 38.1 Å². The standard InChI is InChI=1S/C24H34N2O2/c1-3-4-5-6-7-10-17-25-18-21-11-8-9-12-23(21)28-19-24(27)26-22-15-13-20(2)14-16-22/h8-9,11-16,25H,3-7,10,17-19H2,1-2H3,(H,26,27). The monoisotopic (exact) mass is 382 g/mol. The van der Waals surface area contributed by atoms with Gasteiger partial charge in [0.05, 0.1) is 0 Å². The van der Waals surface area contributed by atoms with Crippen LogP contribution in [-0.2, 0) is 11.3 Å². The zero-order valence-corrected chi connectivity index (χ0v) is 17.3. The van der Waals surface area contributed by atoms with Crippen molar-refractivity contribution >= 4 is 11.6 Å². The van der Waals surface area contributed by atoms with E-state index in [2.05, 4.69) is 17.6 Å². The molecule has 0 radical (unpaired) electrons. The van der Waals surface area contributed by atoms with Crippen molar-refractivity contribution in [2.24, 2.45) is 0 Å². The molecule has 0 fully saturated rings. The predicted octanol–water partition coefficient (Wildman–Crippen LogP) is 5.46. The van der Waals surface area contributed by atoms with Crippen LogP contribution in [0.15, 0.2) is 48.5 Å². The highest BCUT2D eigenvalue weighted by molar-refractivity contribution is 5.91. The number of amides is 1. The maximum absolute atomic E-state index is 12.1. The van der Waals surface area contributed by atoms with Crippen molar-refractivity contribution in [2.75, 3.05) is 18.5 Å². The highest BCUT2D eigenvalue weighted by Crippen LogP contribution is 2.18. The molecule has 4 nitrogen and oxygen atoms in total. The van der Waals surface area contributed by atoms with Crippen molar-refractivity contribution in [1.29, 1.82) is 0 Å². The molecule has 1 amide bonds. The lowest BCUT2D eigenvalue weighted by Crippen LogP contribution is -2.21. The van der Waals surface area contributed by atoms with Crippen molar-refractivity contribution in [3.05, 3.63) is 59.7 Å². The quantitative estimate of drug-likeness (QED) is 0.452. The smallest absolute Gasteiger partial charge is 0.262 e. The summed E-state index contributed by atoms with van der Waals surface area (Å²) in [6, 6.07) is 15.6. The first kappa shape index (κ1) is 22.0. The van der Waals surface area contributed by atoms with Crippen LogP contribution in [0.25, 0.3) is 0 Å². The normalized spacial score (nSPS) is 10.6. The Kier molecular flexibility index (Phi) is 10.2. The molecular formula is C24H34N2O2. The van der Waals surface area contributed by atoms with E-state index in [0.29, 0.717) is 0 Å². The van der Waals surface area contributed by atoms with Gasteiger partial charge in [0, 0.05) is 17.8 Å². The zero-order chi connectivity index (χ0) is 20.0. The predicted molar refractivity (Wildman–Crippen MR) is 117 cm³/mol. The number of para-hydroxylation sites is 1. The molecule has 0 atom stereocenters. The van der Waals surface area contributed by atoms with Crippen LogP contribution < -0.4 is 15.4 Å². The van der Waals surface area contributed by atoms with Gasteiger partial charge in [-0.3, -0.25) is 4.79 Å². The van der Waals surface area contributed by atoms with E-state index in [9.17, 15) is 4.79 Å². The number of aryl methyl sites for hydroxylation is 1. The highest BCUT2D eigenvalue weighted by Gasteiger charge is 2.07. The third kappa shape index (κ3) is 8.57. The molecule has 0 aliphatic heterocycles. The summed E-state index contributed by atoms with van der Waals surface area (Å²) in [5.41, 5.74) is 3.03. The lowest BCUT2D eigenvalue weighted by atomic mass is 10.1. The van der Waals surface area contributed by atoms with E-state index in [-0.39, 0.29) is 12.5 Å². The summed E-state index contributed by atoms with van der Waals surface area (Å²) in [4.78, 5) is 12.1. The summed E-state index contributed by atoms with van der Waals surface area (Å²) in [6.07, 6.45) is 7.78. The number of anilines is 1. The van der Waals surface area contributed by atoms with Gasteiger partial charge in [-0.15, -0.1) is 0 Å². The first-order valence-corrected chi connectivity index (χ1v) is 10.5. The molecule has 4 heteroatoms. The van der Waals surface area contributed by atoms with E-state index in [0.717, 1.165) is 35.7 Å². The number of hydrogen-bond donors (Lipinski definition) is 2. The molecule has 2 N–H and O–H groups in total. The molecule has 2 aromatic carbocycles. The second-order valence-corrected chi connectivity index (χ2v) is 7.26. The Labute approximate surface area is 169 Å². The van der Waals surface area contributed by atoms with Gasteiger partial charge in [0.2, 0.25) is 0 Å². The summed E-state index contributed by atoms with van der Waals surface area (Å²) < 4.78 is 5.77. The summed E-state index contributed by atoms with van der Waals surface area (Å²) in [6.45, 7) is 6.03. The van der Waals surface area contributed by atoms with Crippen molar-refractivity contribution in [1.82, 2.24) is 5.32 Å². The van der Waals surface area contributed by atoms with Crippen molar-refractivity contribution < 1.29 is 9.53 Å². The second kappa shape index (κ2) is 12.9. The van der Waals surface area contributed by atoms with Crippen LogP contribution in [0.1, 0.15) is 56.6 Å². The third-order valence-electron chi connectivity index (χ3n) is 4.69. The van der Waals surface area contributed by atoms with E-state index in [1.54, 1.807) is 0 Å². The number of unbranched alkanes of at least 4 members (excludes halogenated alkanes) is 5. The van der Waals surface area contributed by atoms with E-state index < -0.39 is 0 Å². The van der Waals surface area contributed by atoms with Gasteiger partial charge in [-0.25, -0.2) is 0 Å². The first-order valence-electron chi connectivity index (χ1n) is 10.5. The molecule has 0 heterocycles. The van der Waals surface area contributed by atoms with Crippen molar-refractivity contribution in [3.8, 4) is 5.75 Å². The lowest BCUT2D eigenvalue weighted by Gasteiger charge is -2.12. The number of carbonyl (C=O) groups excluding carboxylic acids is 1. The fourth-order valence-electron chi connectivity index (χ4n) is 3.02. The Morgan fingerprint density at radius 1 is 0.929 bits per heavy atom. The molecule has 0 bridgehead atoms. The maximum Gasteiger partial charge on any atom is 0.262 e. The fraction of sp³-hybridized carbons (Fsp3) is 0.458. The molecule has 0 aliphatic rings. The maximum atomic E-state index is 12.1. The number of rotatable bonds is 13. The fourth-order valence-corrected chi connectivity index (χ4v) is 3.02. The summed E-state index contributed by atoms with van der Waals surface area (Å²) in [5.74, 6) is 0.607. The van der Waals surface area contributed by atoms with Crippen LogP contribution >= 0.6 is 0 Å². The zero-order valence-electron chi connectivity index (χ0n) is 17.3. The number of carbonyl (C=O) groups is 1. The van der Waals surface area contributed by atoms with Gasteiger partial charge in [-0.2, -0.15) is 0 Å². The van der Waals surface area contributed by atoms with E-state index in [1.807, 2.05) is 55.5 Å². The Bertz CT molecular complexity index is 698. The van der Waals surface area contributed by atoms with Crippen LogP contribution in [0.5, 0.6) is 5.75 Å². The number of hydrogen-bond acceptors (Lipinski definition) is 3. The van der Waals surface area contributed by atoms with Crippen LogP contribution in [0.4, 0.5) is 5.69 Å². The van der Waals surface area contributed by atoms with Crippen molar-refractivity contribution in [2.45, 2.75) is 58.9 Å². The molecule has 0 aliphatic carbocycles. The summed E-state index contributed by atoms with van der Waals surface area (Å²) in [5, 5.41) is 6.35.